The number of hydrogen-bond donors (Lipinski definition) is 2. The Morgan fingerprint density at radius 3 is 2.90 bits per heavy atom. The Bertz CT molecular complexity index is 728. The van der Waals surface area contributed by atoms with E-state index in [1.807, 2.05) is 6.92 Å². The first-order valence-electron chi connectivity index (χ1n) is 6.80. The van der Waals surface area contributed by atoms with Crippen molar-refractivity contribution in [3.63, 3.8) is 0 Å². The molecule has 3 rings (SSSR count). The predicted octanol–water partition coefficient (Wildman–Crippen LogP) is 2.58. The molecular formula is C14H16N2O3S. The van der Waals surface area contributed by atoms with Crippen molar-refractivity contribution in [3.8, 4) is 0 Å². The highest BCUT2D eigenvalue weighted by molar-refractivity contribution is 7.18. The Balaban J connectivity index is 1.94. The molecule has 1 aliphatic carbocycles. The van der Waals surface area contributed by atoms with Crippen LogP contribution in [-0.2, 0) is 11.2 Å². The van der Waals surface area contributed by atoms with Crippen molar-refractivity contribution in [3.05, 3.63) is 26.6 Å². The summed E-state index contributed by atoms with van der Waals surface area (Å²) >= 11 is 1.57. The van der Waals surface area contributed by atoms with Crippen molar-refractivity contribution in [2.75, 3.05) is 0 Å². The Hall–Kier alpha value is -1.69. The molecule has 106 valence electrons. The summed E-state index contributed by atoms with van der Waals surface area (Å²) in [6.45, 7) is 2.05. The van der Waals surface area contributed by atoms with Crippen LogP contribution in [0.1, 0.15) is 47.9 Å². The lowest BCUT2D eigenvalue weighted by atomic mass is 10.1. The largest absolute Gasteiger partial charge is 0.481 e. The Morgan fingerprint density at radius 2 is 2.25 bits per heavy atom. The molecule has 2 N–H and O–H groups in total. The second kappa shape index (κ2) is 5.01. The van der Waals surface area contributed by atoms with Gasteiger partial charge in [0.1, 0.15) is 10.7 Å². The fraction of sp³-hybridized carbons (Fsp3) is 0.500. The maximum atomic E-state index is 12.3. The summed E-state index contributed by atoms with van der Waals surface area (Å²) in [5.41, 5.74) is 1.10. The normalized spacial score (nSPS) is 14.8. The molecule has 2 aromatic rings. The van der Waals surface area contributed by atoms with Crippen LogP contribution in [0.25, 0.3) is 10.2 Å². The van der Waals surface area contributed by atoms with E-state index >= 15 is 0 Å². The summed E-state index contributed by atoms with van der Waals surface area (Å²) in [4.78, 5) is 32.0. The number of nitrogens with one attached hydrogen (secondary N) is 1. The Labute approximate surface area is 119 Å². The van der Waals surface area contributed by atoms with Gasteiger partial charge in [0.2, 0.25) is 0 Å². The molecule has 0 amide bonds. The fourth-order valence-corrected chi connectivity index (χ4v) is 3.70. The third kappa shape index (κ3) is 2.47. The second-order valence-corrected chi connectivity index (χ2v) is 6.49. The van der Waals surface area contributed by atoms with E-state index in [-0.39, 0.29) is 12.0 Å². The minimum atomic E-state index is -0.823. The van der Waals surface area contributed by atoms with E-state index in [4.69, 9.17) is 5.11 Å². The van der Waals surface area contributed by atoms with Gasteiger partial charge in [-0.05, 0) is 37.7 Å². The molecule has 0 aliphatic heterocycles. The van der Waals surface area contributed by atoms with Crippen molar-refractivity contribution >= 4 is 27.5 Å². The number of carbonyl (C=O) groups is 1. The predicted molar refractivity (Wildman–Crippen MR) is 77.5 cm³/mol. The lowest BCUT2D eigenvalue weighted by Gasteiger charge is -2.01. The number of aromatic nitrogens is 2. The van der Waals surface area contributed by atoms with E-state index in [9.17, 15) is 9.59 Å². The molecule has 1 fully saturated rings. The van der Waals surface area contributed by atoms with Crippen molar-refractivity contribution in [2.45, 2.75) is 44.9 Å². The molecule has 1 aliphatic rings. The van der Waals surface area contributed by atoms with Crippen molar-refractivity contribution in [1.29, 1.82) is 0 Å². The van der Waals surface area contributed by atoms with E-state index in [0.717, 1.165) is 23.1 Å². The Morgan fingerprint density at radius 1 is 1.50 bits per heavy atom. The summed E-state index contributed by atoms with van der Waals surface area (Å²) < 4.78 is 0. The van der Waals surface area contributed by atoms with Gasteiger partial charge >= 0.3 is 5.97 Å². The van der Waals surface area contributed by atoms with Gasteiger partial charge in [0.25, 0.3) is 5.56 Å². The first kappa shape index (κ1) is 13.3. The summed E-state index contributed by atoms with van der Waals surface area (Å²) in [5, 5.41) is 9.38. The van der Waals surface area contributed by atoms with Crippen molar-refractivity contribution in [2.24, 2.45) is 0 Å². The monoisotopic (exact) mass is 292 g/mol. The van der Waals surface area contributed by atoms with Gasteiger partial charge in [0.05, 0.1) is 5.39 Å². The van der Waals surface area contributed by atoms with Gasteiger partial charge in [-0.15, -0.1) is 11.3 Å². The number of H-pyrrole nitrogens is 1. The molecule has 0 saturated heterocycles. The molecule has 0 spiro atoms. The number of thiophene rings is 1. The number of carboxylic acids is 1. The lowest BCUT2D eigenvalue weighted by molar-refractivity contribution is -0.137. The van der Waals surface area contributed by atoms with Crippen LogP contribution in [0.2, 0.25) is 0 Å². The fourth-order valence-electron chi connectivity index (χ4n) is 2.57. The second-order valence-electron chi connectivity index (χ2n) is 5.29. The number of carboxylic acid groups (broad SMARTS) is 1. The van der Waals surface area contributed by atoms with Crippen LogP contribution in [0.3, 0.4) is 0 Å². The quantitative estimate of drug-likeness (QED) is 0.887. The summed E-state index contributed by atoms with van der Waals surface area (Å²) in [6.07, 6.45) is 3.40. The first-order valence-corrected chi connectivity index (χ1v) is 7.62. The van der Waals surface area contributed by atoms with E-state index in [1.54, 1.807) is 11.3 Å². The van der Waals surface area contributed by atoms with Crippen LogP contribution in [0.5, 0.6) is 0 Å². The van der Waals surface area contributed by atoms with Crippen LogP contribution in [0.15, 0.2) is 4.79 Å². The molecule has 0 radical (unpaired) electrons. The third-order valence-electron chi connectivity index (χ3n) is 3.62. The number of aromatic amines is 1. The highest BCUT2D eigenvalue weighted by Gasteiger charge is 2.30. The average molecular weight is 292 g/mol. The topological polar surface area (TPSA) is 83.0 Å². The zero-order valence-electron chi connectivity index (χ0n) is 11.2. The average Bonchev–Trinajstić information content (AvgIpc) is 3.12. The van der Waals surface area contributed by atoms with Gasteiger partial charge in [-0.2, -0.15) is 0 Å². The van der Waals surface area contributed by atoms with Crippen molar-refractivity contribution in [1.82, 2.24) is 9.97 Å². The SMILES string of the molecule is Cc1sc2nc(CCCC(=O)O)[nH]c(=O)c2c1C1CC1. The number of aliphatic carboxylic acids is 1. The molecule has 6 heteroatoms. The third-order valence-corrected chi connectivity index (χ3v) is 4.64. The van der Waals surface area contributed by atoms with Gasteiger partial charge in [-0.3, -0.25) is 9.59 Å². The smallest absolute Gasteiger partial charge is 0.303 e. The van der Waals surface area contributed by atoms with Gasteiger partial charge in [-0.1, -0.05) is 0 Å². The summed E-state index contributed by atoms with van der Waals surface area (Å²) in [6, 6.07) is 0. The molecule has 0 bridgehead atoms. The highest BCUT2D eigenvalue weighted by atomic mass is 32.1. The van der Waals surface area contributed by atoms with Crippen molar-refractivity contribution < 1.29 is 9.90 Å². The zero-order valence-corrected chi connectivity index (χ0v) is 12.0. The number of aryl methyl sites for hydroxylation is 2. The number of fused-ring (bicyclic) bond motifs is 1. The lowest BCUT2D eigenvalue weighted by Crippen LogP contribution is -2.12. The zero-order chi connectivity index (χ0) is 14.3. The minimum absolute atomic E-state index is 0.0772. The van der Waals surface area contributed by atoms with Crippen LogP contribution in [-0.4, -0.2) is 21.0 Å². The maximum Gasteiger partial charge on any atom is 0.303 e. The van der Waals surface area contributed by atoms with Crippen LogP contribution in [0, 0.1) is 6.92 Å². The van der Waals surface area contributed by atoms with E-state index < -0.39 is 5.97 Å². The molecule has 5 nitrogen and oxygen atoms in total. The molecule has 1 saturated carbocycles. The molecule has 0 unspecified atom stereocenters. The first-order chi connectivity index (χ1) is 9.56. The Kier molecular flexibility index (Phi) is 3.33. The molecule has 2 heterocycles. The number of nitrogens with zero attached hydrogens (tertiary/aromatic N) is 1. The van der Waals surface area contributed by atoms with Gasteiger partial charge in [-0.25, -0.2) is 4.98 Å². The molecule has 0 aromatic carbocycles. The maximum absolute atomic E-state index is 12.3. The number of rotatable bonds is 5. The highest BCUT2D eigenvalue weighted by Crippen LogP contribution is 2.46. The van der Waals surface area contributed by atoms with E-state index in [2.05, 4.69) is 9.97 Å². The number of hydrogen-bond acceptors (Lipinski definition) is 4. The summed E-state index contributed by atoms with van der Waals surface area (Å²) in [5.74, 6) is 0.299. The molecular weight excluding hydrogens is 276 g/mol. The molecule has 20 heavy (non-hydrogen) atoms. The van der Waals surface area contributed by atoms with Gasteiger partial charge in [0.15, 0.2) is 0 Å². The minimum Gasteiger partial charge on any atom is -0.481 e. The van der Waals surface area contributed by atoms with Gasteiger partial charge < -0.3 is 10.1 Å². The van der Waals surface area contributed by atoms with Gasteiger partial charge in [0, 0.05) is 17.7 Å². The molecule has 0 atom stereocenters. The van der Waals surface area contributed by atoms with E-state index in [1.165, 1.54) is 10.4 Å². The van der Waals surface area contributed by atoms with Crippen LogP contribution in [0.4, 0.5) is 0 Å². The standard InChI is InChI=1S/C14H16N2O3S/c1-7-11(8-5-6-8)12-13(19)15-9(16-14(12)20-7)3-2-4-10(17)18/h8H,2-6H2,1H3,(H,17,18)(H,15,16,19). The summed E-state index contributed by atoms with van der Waals surface area (Å²) in [7, 11) is 0. The van der Waals surface area contributed by atoms with Crippen LogP contribution < -0.4 is 5.56 Å². The molecule has 2 aromatic heterocycles. The van der Waals surface area contributed by atoms with E-state index in [0.29, 0.717) is 24.6 Å². The van der Waals surface area contributed by atoms with Crippen LogP contribution >= 0.6 is 11.3 Å².